The fraction of sp³-hybridized carbons (Fsp3) is 0.211. The van der Waals surface area contributed by atoms with Gasteiger partial charge in [0.05, 0.1) is 0 Å². The summed E-state index contributed by atoms with van der Waals surface area (Å²) < 4.78 is 3.92. The predicted octanol–water partition coefficient (Wildman–Crippen LogP) is 0.0353. The number of fused-ring (bicyclic) bond motifs is 1. The molecule has 3 atom stereocenters. The molecule has 13 nitrogen and oxygen atoms in total. The van der Waals surface area contributed by atoms with Gasteiger partial charge in [-0.25, -0.2) is 9.59 Å². The number of hydrogen-bond donors (Lipinski definition) is 4. The Balaban J connectivity index is 1.57. The quantitative estimate of drug-likeness (QED) is 0.215. The first-order chi connectivity index (χ1) is 16.3. The van der Waals surface area contributed by atoms with E-state index in [2.05, 4.69) is 19.8 Å². The van der Waals surface area contributed by atoms with Gasteiger partial charge in [0, 0.05) is 22.8 Å². The Hall–Kier alpha value is -3.98. The topological polar surface area (TPSA) is 197 Å². The summed E-state index contributed by atoms with van der Waals surface area (Å²) in [6, 6.07) is 6.92. The van der Waals surface area contributed by atoms with Crippen molar-refractivity contribution in [1.29, 1.82) is 0 Å². The number of anilines is 1. The number of nitrogens with two attached hydrogens (primary N) is 1. The number of carbonyl (C=O) groups excluding carboxylic acids is 2. The summed E-state index contributed by atoms with van der Waals surface area (Å²) in [4.78, 5) is 58.8. The Labute approximate surface area is 199 Å². The zero-order valence-corrected chi connectivity index (χ0v) is 18.7. The molecule has 1 saturated heterocycles. The van der Waals surface area contributed by atoms with Gasteiger partial charge in [-0.3, -0.25) is 14.5 Å². The van der Waals surface area contributed by atoms with Crippen molar-refractivity contribution in [2.45, 2.75) is 17.5 Å². The Morgan fingerprint density at radius 1 is 1.26 bits per heavy atom. The van der Waals surface area contributed by atoms with Crippen molar-refractivity contribution in [1.82, 2.24) is 19.6 Å². The molecule has 1 aromatic carbocycles. The highest BCUT2D eigenvalue weighted by Gasteiger charge is 2.53. The first kappa shape index (κ1) is 23.2. The minimum atomic E-state index is -1.53. The van der Waals surface area contributed by atoms with Crippen molar-refractivity contribution >= 4 is 57.9 Å². The molecule has 0 radical (unpaired) electrons. The number of nitrogens with one attached hydrogen (secondary N) is 1. The second kappa shape index (κ2) is 9.48. The summed E-state index contributed by atoms with van der Waals surface area (Å²) in [6.07, 6.45) is -0.115. The fourth-order valence-corrected chi connectivity index (χ4v) is 4.87. The van der Waals surface area contributed by atoms with Crippen molar-refractivity contribution < 1.29 is 34.2 Å². The molecule has 0 saturated carbocycles. The number of thioether (sulfide) groups is 1. The van der Waals surface area contributed by atoms with Crippen molar-refractivity contribution in [3.8, 4) is 0 Å². The van der Waals surface area contributed by atoms with Crippen LogP contribution in [0.5, 0.6) is 0 Å². The minimum absolute atomic E-state index is 0.0262. The molecule has 2 unspecified atom stereocenters. The van der Waals surface area contributed by atoms with Crippen LogP contribution in [0.2, 0.25) is 0 Å². The van der Waals surface area contributed by atoms with Gasteiger partial charge in [-0.2, -0.15) is 9.36 Å². The first-order valence-corrected chi connectivity index (χ1v) is 11.4. The van der Waals surface area contributed by atoms with Crippen LogP contribution in [0.3, 0.4) is 0 Å². The number of carbonyl (C=O) groups is 4. The zero-order valence-electron chi connectivity index (χ0n) is 17.0. The van der Waals surface area contributed by atoms with Gasteiger partial charge in [0.15, 0.2) is 5.13 Å². The lowest BCUT2D eigenvalue weighted by molar-refractivity contribution is -0.151. The number of oxime groups is 1. The van der Waals surface area contributed by atoms with Gasteiger partial charge < -0.3 is 26.1 Å². The van der Waals surface area contributed by atoms with Crippen LogP contribution in [-0.4, -0.2) is 71.1 Å². The van der Waals surface area contributed by atoms with Crippen LogP contribution in [0.25, 0.3) is 0 Å². The van der Waals surface area contributed by atoms with E-state index < -0.39 is 47.0 Å². The van der Waals surface area contributed by atoms with E-state index in [1.54, 1.807) is 18.2 Å². The predicted molar refractivity (Wildman–Crippen MR) is 120 cm³/mol. The molecule has 5 N–H and O–H groups in total. The molecular weight excluding hydrogens is 488 g/mol. The highest BCUT2D eigenvalue weighted by atomic mass is 32.2. The van der Waals surface area contributed by atoms with Crippen LogP contribution in [0, 0.1) is 0 Å². The van der Waals surface area contributed by atoms with Crippen molar-refractivity contribution in [2.75, 3.05) is 11.5 Å². The van der Waals surface area contributed by atoms with Gasteiger partial charge in [-0.05, 0) is 6.08 Å². The van der Waals surface area contributed by atoms with E-state index in [9.17, 15) is 29.4 Å². The molecule has 0 bridgehead atoms. The van der Waals surface area contributed by atoms with Crippen molar-refractivity contribution in [3.63, 3.8) is 0 Å². The van der Waals surface area contributed by atoms with Gasteiger partial charge in [-0.15, -0.1) is 11.8 Å². The molecule has 1 fully saturated rings. The van der Waals surface area contributed by atoms with E-state index in [1.807, 2.05) is 0 Å². The van der Waals surface area contributed by atoms with Gasteiger partial charge in [0.2, 0.25) is 17.6 Å². The molecule has 2 aromatic rings. The number of nitrogens with zero attached hydrogens (tertiary/aromatic N) is 4. The average Bonchev–Trinajstić information content (AvgIpc) is 3.25. The largest absolute Gasteiger partial charge is 0.478 e. The van der Waals surface area contributed by atoms with Crippen LogP contribution in [0.15, 0.2) is 47.3 Å². The molecule has 2 aliphatic rings. The summed E-state index contributed by atoms with van der Waals surface area (Å²) in [5, 5.41) is 24.4. The van der Waals surface area contributed by atoms with E-state index in [1.165, 1.54) is 30.0 Å². The second-order valence-corrected chi connectivity index (χ2v) is 8.84. The number of rotatable bonds is 8. The third-order valence-corrected chi connectivity index (χ3v) is 6.52. The molecule has 2 amide bonds. The molecular formula is C19H16N6O7S2. The number of aromatic nitrogens is 2. The highest BCUT2D eigenvalue weighted by Crippen LogP contribution is 2.37. The standard InChI is InChI=1S/C19H16N6O7S2/c20-19-22-13(24-34-19)10(23-32-12(18(30)31)8-4-2-1-3-5-8)14(26)21-11-15(27)25-9(17(28)29)6-7-33-16(11)25/h1-6,11-12,16H,7H2,(H,21,26)(H,28,29)(H,30,31)(H2,20,22,24)/t11?,12?,16-/m0/s1. The lowest BCUT2D eigenvalue weighted by atomic mass is 10.0. The maximum atomic E-state index is 13.0. The summed E-state index contributed by atoms with van der Waals surface area (Å²) in [5.74, 6) is -4.01. The maximum Gasteiger partial charge on any atom is 0.352 e. The summed E-state index contributed by atoms with van der Waals surface area (Å²) >= 11 is 2.05. The number of carboxylic acids is 2. The number of hydrogen-bond acceptors (Lipinski definition) is 11. The van der Waals surface area contributed by atoms with Crippen LogP contribution in [0.1, 0.15) is 17.5 Å². The SMILES string of the molecule is Nc1nc(C(=NOC(C(=O)O)c2ccccc2)C(=O)NC2C(=O)N3C(C(=O)O)=CCS[C@@H]23)ns1. The van der Waals surface area contributed by atoms with Crippen LogP contribution >= 0.6 is 23.3 Å². The summed E-state index contributed by atoms with van der Waals surface area (Å²) in [7, 11) is 0. The summed E-state index contributed by atoms with van der Waals surface area (Å²) in [5.41, 5.74) is 5.23. The zero-order chi connectivity index (χ0) is 24.4. The molecule has 1 aromatic heterocycles. The monoisotopic (exact) mass is 504 g/mol. The lowest BCUT2D eigenvalue weighted by Gasteiger charge is -2.48. The van der Waals surface area contributed by atoms with Gasteiger partial charge in [0.25, 0.3) is 11.8 Å². The number of carboxylic acid groups (broad SMARTS) is 2. The molecule has 34 heavy (non-hydrogen) atoms. The fourth-order valence-electron chi connectivity index (χ4n) is 3.24. The minimum Gasteiger partial charge on any atom is -0.478 e. The van der Waals surface area contributed by atoms with Crippen molar-refractivity contribution in [3.05, 3.63) is 53.5 Å². The van der Waals surface area contributed by atoms with Gasteiger partial charge in [0.1, 0.15) is 17.1 Å². The van der Waals surface area contributed by atoms with E-state index >= 15 is 0 Å². The molecule has 0 aliphatic carbocycles. The third-order valence-electron chi connectivity index (χ3n) is 4.80. The van der Waals surface area contributed by atoms with Crippen LogP contribution in [-0.2, 0) is 24.0 Å². The molecule has 0 spiro atoms. The lowest BCUT2D eigenvalue weighted by Crippen LogP contribution is -2.70. The van der Waals surface area contributed by atoms with Crippen LogP contribution < -0.4 is 11.1 Å². The third kappa shape index (κ3) is 4.42. The number of aliphatic carboxylic acids is 2. The summed E-state index contributed by atoms with van der Waals surface area (Å²) in [6.45, 7) is 0. The molecule has 3 heterocycles. The molecule has 176 valence electrons. The van der Waals surface area contributed by atoms with Crippen molar-refractivity contribution in [2.24, 2.45) is 5.16 Å². The Kier molecular flexibility index (Phi) is 6.47. The number of amides is 2. The molecule has 2 aliphatic heterocycles. The average molecular weight is 505 g/mol. The number of β-lactam (4-membered cyclic amide) rings is 1. The normalized spacial score (nSPS) is 20.5. The smallest absolute Gasteiger partial charge is 0.352 e. The Morgan fingerprint density at radius 2 is 2.00 bits per heavy atom. The van der Waals surface area contributed by atoms with Crippen LogP contribution in [0.4, 0.5) is 5.13 Å². The van der Waals surface area contributed by atoms with E-state index in [0.717, 1.165) is 16.4 Å². The Morgan fingerprint density at radius 3 is 2.62 bits per heavy atom. The van der Waals surface area contributed by atoms with E-state index in [-0.39, 0.29) is 22.2 Å². The van der Waals surface area contributed by atoms with E-state index in [0.29, 0.717) is 5.75 Å². The second-order valence-electron chi connectivity index (χ2n) is 6.91. The highest BCUT2D eigenvalue weighted by molar-refractivity contribution is 8.00. The molecule has 4 rings (SSSR count). The maximum absolute atomic E-state index is 13.0. The number of nitrogen functional groups attached to an aromatic ring is 1. The number of benzene rings is 1. The van der Waals surface area contributed by atoms with E-state index in [4.69, 9.17) is 10.6 Å². The van der Waals surface area contributed by atoms with Gasteiger partial charge in [-0.1, -0.05) is 35.5 Å². The first-order valence-electron chi connectivity index (χ1n) is 9.58. The van der Waals surface area contributed by atoms with Gasteiger partial charge >= 0.3 is 11.9 Å². The molecule has 15 heteroatoms. The Bertz CT molecular complexity index is 1210.